The lowest BCUT2D eigenvalue weighted by Gasteiger charge is -2.43. The zero-order valence-electron chi connectivity index (χ0n) is 15.4. The Morgan fingerprint density at radius 3 is 2.77 bits per heavy atom. The van der Waals surface area contributed by atoms with Gasteiger partial charge in [-0.2, -0.15) is 0 Å². The Morgan fingerprint density at radius 2 is 2.15 bits per heavy atom. The highest BCUT2D eigenvalue weighted by Gasteiger charge is 2.40. The molecule has 2 atom stereocenters. The molecule has 1 amide bonds. The molecule has 0 radical (unpaired) electrons. The summed E-state index contributed by atoms with van der Waals surface area (Å²) in [6, 6.07) is 1.91. The smallest absolute Gasteiger partial charge is 0.299 e. The van der Waals surface area contributed by atoms with Crippen molar-refractivity contribution in [3.8, 4) is 12.3 Å². The maximum Gasteiger partial charge on any atom is 0.299 e. The molecule has 1 aliphatic rings. The third-order valence-corrected chi connectivity index (χ3v) is 5.27. The number of aromatic nitrogens is 1. The molecular formula is C21H24F2N2O. The summed E-state index contributed by atoms with van der Waals surface area (Å²) in [7, 11) is 0. The van der Waals surface area contributed by atoms with Crippen molar-refractivity contribution in [2.75, 3.05) is 0 Å². The van der Waals surface area contributed by atoms with E-state index in [2.05, 4.69) is 17.8 Å². The fourth-order valence-corrected chi connectivity index (χ4v) is 4.17. The Labute approximate surface area is 152 Å². The van der Waals surface area contributed by atoms with Gasteiger partial charge < -0.3 is 9.88 Å². The number of halogens is 2. The van der Waals surface area contributed by atoms with Crippen molar-refractivity contribution >= 4 is 16.8 Å². The van der Waals surface area contributed by atoms with Crippen LogP contribution in [-0.2, 0) is 11.2 Å². The molecule has 0 spiro atoms. The number of amides is 1. The maximum absolute atomic E-state index is 14.3. The molecule has 0 saturated carbocycles. The molecule has 0 bridgehead atoms. The van der Waals surface area contributed by atoms with Crippen molar-refractivity contribution in [2.24, 2.45) is 5.92 Å². The van der Waals surface area contributed by atoms with Gasteiger partial charge in [0.05, 0.1) is 11.6 Å². The van der Waals surface area contributed by atoms with Crippen LogP contribution >= 0.6 is 0 Å². The summed E-state index contributed by atoms with van der Waals surface area (Å²) in [5, 5.41) is 0.567. The van der Waals surface area contributed by atoms with Crippen LogP contribution in [0.25, 0.3) is 10.9 Å². The van der Waals surface area contributed by atoms with Gasteiger partial charge in [0.2, 0.25) is 0 Å². The Bertz CT molecular complexity index is 878. The fourth-order valence-electron chi connectivity index (χ4n) is 4.17. The molecule has 0 fully saturated rings. The lowest BCUT2D eigenvalue weighted by molar-refractivity contribution is -0.132. The second-order valence-electron chi connectivity index (χ2n) is 7.37. The largest absolute Gasteiger partial charge is 0.354 e. The Hall–Kier alpha value is -2.35. The van der Waals surface area contributed by atoms with Gasteiger partial charge in [-0.25, -0.2) is 8.78 Å². The summed E-state index contributed by atoms with van der Waals surface area (Å²) in [5.74, 6) is 0.777. The molecule has 0 saturated heterocycles. The molecule has 0 aliphatic carbocycles. The van der Waals surface area contributed by atoms with E-state index in [1.165, 1.54) is 6.07 Å². The summed E-state index contributed by atoms with van der Waals surface area (Å²) in [5.41, 5.74) is 1.97. The topological polar surface area (TPSA) is 36.1 Å². The first-order valence-electron chi connectivity index (χ1n) is 9.17. The number of fused-ring (bicyclic) bond motifs is 3. The second kappa shape index (κ2) is 7.11. The number of nitrogens with zero attached hydrogens (tertiary/aromatic N) is 1. The molecule has 0 unspecified atom stereocenters. The second-order valence-corrected chi connectivity index (χ2v) is 7.37. The lowest BCUT2D eigenvalue weighted by Crippen LogP contribution is -2.48. The van der Waals surface area contributed by atoms with E-state index in [4.69, 9.17) is 6.42 Å². The molecule has 3 rings (SSSR count). The van der Waals surface area contributed by atoms with Gasteiger partial charge in [0.15, 0.2) is 0 Å². The van der Waals surface area contributed by atoms with Crippen molar-refractivity contribution in [3.05, 3.63) is 35.0 Å². The maximum atomic E-state index is 14.3. The van der Waals surface area contributed by atoms with Crippen molar-refractivity contribution in [1.29, 1.82) is 0 Å². The number of carbonyl (C=O) groups excluding carboxylic acids is 1. The highest BCUT2D eigenvalue weighted by molar-refractivity contribution is 5.94. The van der Waals surface area contributed by atoms with Crippen LogP contribution in [0.15, 0.2) is 12.1 Å². The summed E-state index contributed by atoms with van der Waals surface area (Å²) < 4.78 is 28.1. The number of benzene rings is 1. The van der Waals surface area contributed by atoms with Gasteiger partial charge in [-0.1, -0.05) is 33.6 Å². The van der Waals surface area contributed by atoms with E-state index < -0.39 is 11.6 Å². The van der Waals surface area contributed by atoms with E-state index in [0.29, 0.717) is 17.3 Å². The molecule has 26 heavy (non-hydrogen) atoms. The minimum Gasteiger partial charge on any atom is -0.354 e. The van der Waals surface area contributed by atoms with E-state index in [1.807, 2.05) is 13.8 Å². The van der Waals surface area contributed by atoms with Crippen molar-refractivity contribution in [2.45, 2.75) is 58.5 Å². The van der Waals surface area contributed by atoms with E-state index >= 15 is 0 Å². The van der Waals surface area contributed by atoms with Crippen LogP contribution in [0.1, 0.15) is 57.3 Å². The van der Waals surface area contributed by atoms with Crippen molar-refractivity contribution in [3.63, 3.8) is 0 Å². The van der Waals surface area contributed by atoms with E-state index in [0.717, 1.165) is 36.6 Å². The van der Waals surface area contributed by atoms with Crippen molar-refractivity contribution < 1.29 is 13.6 Å². The number of nitrogens with one attached hydrogen (secondary N) is 1. The molecule has 5 heteroatoms. The third-order valence-electron chi connectivity index (χ3n) is 5.27. The van der Waals surface area contributed by atoms with Crippen LogP contribution in [0.4, 0.5) is 8.78 Å². The summed E-state index contributed by atoms with van der Waals surface area (Å²) in [6.45, 7) is 6.11. The molecule has 1 aromatic carbocycles. The standard InChI is InChI=1S/C21H24F2N2O/c1-5-7-8-14-11-16-15-9-13(22)10-17(23)19(15)24-20(16)21(12(3)4)25(14)18(26)6-2/h2,9-10,12,14,21,24H,5,7-8,11H2,1,3-4H3/t14-,21-/m0/s1. The van der Waals surface area contributed by atoms with Crippen LogP contribution in [0.2, 0.25) is 0 Å². The van der Waals surface area contributed by atoms with Crippen LogP contribution in [-0.4, -0.2) is 21.8 Å². The van der Waals surface area contributed by atoms with E-state index in [1.54, 1.807) is 4.90 Å². The molecule has 1 aliphatic heterocycles. The molecule has 1 aromatic heterocycles. The monoisotopic (exact) mass is 358 g/mol. The van der Waals surface area contributed by atoms with Crippen molar-refractivity contribution in [1.82, 2.24) is 9.88 Å². The molecule has 138 valence electrons. The van der Waals surface area contributed by atoms with Crippen LogP contribution < -0.4 is 0 Å². The first kappa shape index (κ1) is 18.4. The average Bonchev–Trinajstić information content (AvgIpc) is 2.96. The van der Waals surface area contributed by atoms with Crippen LogP contribution in [0.5, 0.6) is 0 Å². The first-order chi connectivity index (χ1) is 12.4. The number of hydrogen-bond donors (Lipinski definition) is 1. The van der Waals surface area contributed by atoms with Gasteiger partial charge in [-0.05, 0) is 36.3 Å². The zero-order chi connectivity index (χ0) is 19.0. The number of unbranched alkanes of at least 4 members (excludes halogenated alkanes) is 1. The SMILES string of the molecule is C#CC(=O)N1[C@@H](CCCC)Cc2c([nH]c3c(F)cc(F)cc23)[C@@H]1C(C)C. The lowest BCUT2D eigenvalue weighted by atomic mass is 9.84. The molecule has 3 nitrogen and oxygen atoms in total. The number of hydrogen-bond acceptors (Lipinski definition) is 1. The van der Waals surface area contributed by atoms with Crippen LogP contribution in [0.3, 0.4) is 0 Å². The van der Waals surface area contributed by atoms with Gasteiger partial charge in [-0.15, -0.1) is 6.42 Å². The summed E-state index contributed by atoms with van der Waals surface area (Å²) in [6.07, 6.45) is 8.77. The highest BCUT2D eigenvalue weighted by Crippen LogP contribution is 2.42. The normalized spacial score (nSPS) is 19.7. The fraction of sp³-hybridized carbons (Fsp3) is 0.476. The Morgan fingerprint density at radius 1 is 1.42 bits per heavy atom. The highest BCUT2D eigenvalue weighted by atomic mass is 19.1. The molecule has 1 N–H and O–H groups in total. The average molecular weight is 358 g/mol. The number of H-pyrrole nitrogens is 1. The van der Waals surface area contributed by atoms with Gasteiger partial charge in [0.1, 0.15) is 11.6 Å². The van der Waals surface area contributed by atoms with E-state index in [9.17, 15) is 13.6 Å². The van der Waals surface area contributed by atoms with Gasteiger partial charge in [0, 0.05) is 23.2 Å². The predicted molar refractivity (Wildman–Crippen MR) is 98.5 cm³/mol. The molecule has 2 heterocycles. The minimum atomic E-state index is -0.614. The number of terminal acetylenes is 1. The first-order valence-corrected chi connectivity index (χ1v) is 9.17. The number of carbonyl (C=O) groups is 1. The Kier molecular flexibility index (Phi) is 5.04. The summed E-state index contributed by atoms with van der Waals surface area (Å²) >= 11 is 0. The van der Waals surface area contributed by atoms with Gasteiger partial charge in [-0.3, -0.25) is 4.79 Å². The minimum absolute atomic E-state index is 0.0660. The molecular weight excluding hydrogens is 334 g/mol. The quantitative estimate of drug-likeness (QED) is 0.789. The number of aromatic amines is 1. The third kappa shape index (κ3) is 2.98. The van der Waals surface area contributed by atoms with Gasteiger partial charge in [0.25, 0.3) is 5.91 Å². The summed E-state index contributed by atoms with van der Waals surface area (Å²) in [4.78, 5) is 17.4. The molecule has 2 aromatic rings. The van der Waals surface area contributed by atoms with Crippen LogP contribution in [0, 0.1) is 29.9 Å². The predicted octanol–water partition coefficient (Wildman–Crippen LogP) is 4.72. The van der Waals surface area contributed by atoms with E-state index in [-0.39, 0.29) is 23.9 Å². The Balaban J connectivity index is 2.21. The number of rotatable bonds is 4. The zero-order valence-corrected chi connectivity index (χ0v) is 15.4. The van der Waals surface area contributed by atoms with Gasteiger partial charge >= 0.3 is 0 Å².